The van der Waals surface area contributed by atoms with E-state index in [0.29, 0.717) is 19.0 Å². The van der Waals surface area contributed by atoms with Crippen molar-refractivity contribution in [3.05, 3.63) is 0 Å². The Morgan fingerprint density at radius 2 is 2.09 bits per heavy atom. The number of carbonyl (C=O) groups is 1. The van der Waals surface area contributed by atoms with Crippen LogP contribution in [0.4, 0.5) is 4.79 Å². The highest BCUT2D eigenvalue weighted by atomic mass is 127. The third kappa shape index (κ3) is 6.00. The van der Waals surface area contributed by atoms with Crippen molar-refractivity contribution in [2.45, 2.75) is 52.7 Å². The summed E-state index contributed by atoms with van der Waals surface area (Å²) in [7, 11) is 0. The molecule has 7 heteroatoms. The number of amides is 1. The van der Waals surface area contributed by atoms with Crippen LogP contribution in [0.5, 0.6) is 0 Å². The minimum atomic E-state index is -0.441. The number of carbonyl (C=O) groups excluding carboxylic acids is 1. The van der Waals surface area contributed by atoms with Gasteiger partial charge >= 0.3 is 6.09 Å². The van der Waals surface area contributed by atoms with E-state index in [2.05, 4.69) is 29.1 Å². The van der Waals surface area contributed by atoms with Crippen LogP contribution in [0.2, 0.25) is 0 Å². The molecule has 1 saturated heterocycles. The number of fused-ring (bicyclic) bond motifs is 1. The van der Waals surface area contributed by atoms with E-state index in [1.54, 1.807) is 4.90 Å². The van der Waals surface area contributed by atoms with Crippen LogP contribution in [0.1, 0.15) is 41.0 Å². The van der Waals surface area contributed by atoms with Gasteiger partial charge in [-0.15, -0.1) is 24.0 Å². The number of ether oxygens (including phenoxy) is 1. The Morgan fingerprint density at radius 1 is 1.39 bits per heavy atom. The van der Waals surface area contributed by atoms with E-state index in [4.69, 9.17) is 4.74 Å². The minimum absolute atomic E-state index is 0. The second-order valence-corrected chi connectivity index (χ2v) is 7.55. The van der Waals surface area contributed by atoms with E-state index < -0.39 is 5.60 Å². The van der Waals surface area contributed by atoms with E-state index in [0.717, 1.165) is 32.0 Å². The molecule has 23 heavy (non-hydrogen) atoms. The SMILES string of the molecule is CC(C)CCNC1=NCC2CN(C(=O)OC(C)(C)C)CCN12.I. The number of hydrogen-bond acceptors (Lipinski definition) is 5. The van der Waals surface area contributed by atoms with Crippen LogP contribution in [-0.2, 0) is 4.74 Å². The van der Waals surface area contributed by atoms with E-state index in [9.17, 15) is 4.79 Å². The highest BCUT2D eigenvalue weighted by Gasteiger charge is 2.36. The summed E-state index contributed by atoms with van der Waals surface area (Å²) in [5.41, 5.74) is -0.441. The molecule has 6 nitrogen and oxygen atoms in total. The van der Waals surface area contributed by atoms with E-state index >= 15 is 0 Å². The van der Waals surface area contributed by atoms with Gasteiger partial charge in [0.05, 0.1) is 12.6 Å². The summed E-state index contributed by atoms with van der Waals surface area (Å²) in [5, 5.41) is 3.44. The maximum absolute atomic E-state index is 12.2. The zero-order chi connectivity index (χ0) is 16.3. The average Bonchev–Trinajstić information content (AvgIpc) is 2.79. The van der Waals surface area contributed by atoms with Gasteiger partial charge in [0.25, 0.3) is 0 Å². The van der Waals surface area contributed by atoms with Crippen molar-refractivity contribution in [2.24, 2.45) is 10.9 Å². The Morgan fingerprint density at radius 3 is 2.70 bits per heavy atom. The molecular weight excluding hydrogens is 407 g/mol. The Balaban J connectivity index is 0.00000264. The van der Waals surface area contributed by atoms with Crippen LogP contribution in [0.15, 0.2) is 4.99 Å². The number of nitrogens with one attached hydrogen (secondary N) is 1. The van der Waals surface area contributed by atoms with Gasteiger partial charge in [0, 0.05) is 26.2 Å². The standard InChI is InChI=1S/C16H30N4O2.HI/c1-12(2)6-7-17-14-18-10-13-11-19(8-9-20(13)14)15(21)22-16(3,4)5;/h12-13H,6-11H2,1-5H3,(H,17,18);1H. The topological polar surface area (TPSA) is 57.2 Å². The van der Waals surface area contributed by atoms with Crippen LogP contribution < -0.4 is 5.32 Å². The molecule has 0 aromatic rings. The molecule has 1 fully saturated rings. The van der Waals surface area contributed by atoms with Gasteiger partial charge in [0.1, 0.15) is 5.60 Å². The Kier molecular flexibility index (Phi) is 7.41. The van der Waals surface area contributed by atoms with Gasteiger partial charge in [-0.1, -0.05) is 13.8 Å². The molecule has 134 valence electrons. The Bertz CT molecular complexity index is 434. The lowest BCUT2D eigenvalue weighted by molar-refractivity contribution is 0.0137. The Hall–Kier alpha value is -0.730. The molecular formula is C16H31IN4O2. The van der Waals surface area contributed by atoms with Gasteiger partial charge < -0.3 is 19.9 Å². The predicted octanol–water partition coefficient (Wildman–Crippen LogP) is 2.53. The zero-order valence-electron chi connectivity index (χ0n) is 15.0. The number of piperazine rings is 1. The van der Waals surface area contributed by atoms with Crippen LogP contribution in [0.3, 0.4) is 0 Å². The lowest BCUT2D eigenvalue weighted by atomic mass is 10.1. The molecule has 0 radical (unpaired) electrons. The van der Waals surface area contributed by atoms with Crippen LogP contribution in [0.25, 0.3) is 0 Å². The fourth-order valence-corrected chi connectivity index (χ4v) is 2.70. The largest absolute Gasteiger partial charge is 0.444 e. The van der Waals surface area contributed by atoms with Crippen molar-refractivity contribution in [1.82, 2.24) is 15.1 Å². The molecule has 1 N–H and O–H groups in total. The number of guanidine groups is 1. The summed E-state index contributed by atoms with van der Waals surface area (Å²) < 4.78 is 5.46. The Labute approximate surface area is 157 Å². The number of nitrogens with zero attached hydrogens (tertiary/aromatic N) is 3. The maximum Gasteiger partial charge on any atom is 0.410 e. The van der Waals surface area contributed by atoms with E-state index in [-0.39, 0.29) is 36.1 Å². The van der Waals surface area contributed by atoms with Crippen LogP contribution >= 0.6 is 24.0 Å². The van der Waals surface area contributed by atoms with Crippen molar-refractivity contribution in [1.29, 1.82) is 0 Å². The fourth-order valence-electron chi connectivity index (χ4n) is 2.70. The van der Waals surface area contributed by atoms with Crippen molar-refractivity contribution < 1.29 is 9.53 Å². The molecule has 1 unspecified atom stereocenters. The second-order valence-electron chi connectivity index (χ2n) is 7.55. The van der Waals surface area contributed by atoms with Crippen molar-refractivity contribution in [3.63, 3.8) is 0 Å². The highest BCUT2D eigenvalue weighted by Crippen LogP contribution is 2.18. The monoisotopic (exact) mass is 438 g/mol. The van der Waals surface area contributed by atoms with Gasteiger partial charge in [0.15, 0.2) is 5.96 Å². The highest BCUT2D eigenvalue weighted by molar-refractivity contribution is 14.0. The first-order valence-corrected chi connectivity index (χ1v) is 8.29. The fraction of sp³-hybridized carbons (Fsp3) is 0.875. The first kappa shape index (κ1) is 20.3. The summed E-state index contributed by atoms with van der Waals surface area (Å²) in [4.78, 5) is 20.9. The van der Waals surface area contributed by atoms with Gasteiger partial charge in [-0.2, -0.15) is 0 Å². The van der Waals surface area contributed by atoms with E-state index in [1.807, 2.05) is 20.8 Å². The molecule has 0 bridgehead atoms. The number of halogens is 1. The molecule has 0 aliphatic carbocycles. The quantitative estimate of drug-likeness (QED) is 0.689. The smallest absolute Gasteiger partial charge is 0.410 e. The lowest BCUT2D eigenvalue weighted by Crippen LogP contribution is -2.57. The van der Waals surface area contributed by atoms with Crippen molar-refractivity contribution in [3.8, 4) is 0 Å². The van der Waals surface area contributed by atoms with Gasteiger partial charge in [-0.25, -0.2) is 4.79 Å². The number of rotatable bonds is 3. The first-order chi connectivity index (χ1) is 10.3. The maximum atomic E-state index is 12.2. The summed E-state index contributed by atoms with van der Waals surface area (Å²) in [6.45, 7) is 14.0. The molecule has 0 aromatic carbocycles. The predicted molar refractivity (Wildman–Crippen MR) is 103 cm³/mol. The average molecular weight is 438 g/mol. The second kappa shape index (κ2) is 8.39. The van der Waals surface area contributed by atoms with Crippen LogP contribution in [-0.4, -0.2) is 66.2 Å². The normalized spacial score (nSPS) is 20.8. The van der Waals surface area contributed by atoms with Crippen molar-refractivity contribution >= 4 is 36.0 Å². The molecule has 2 heterocycles. The molecule has 0 spiro atoms. The molecule has 1 amide bonds. The third-order valence-electron chi connectivity index (χ3n) is 3.86. The third-order valence-corrected chi connectivity index (χ3v) is 3.86. The number of hydrogen-bond donors (Lipinski definition) is 1. The van der Waals surface area contributed by atoms with Crippen LogP contribution in [0, 0.1) is 5.92 Å². The molecule has 0 saturated carbocycles. The lowest BCUT2D eigenvalue weighted by Gasteiger charge is -2.39. The number of aliphatic imine (C=N–C) groups is 1. The summed E-state index contributed by atoms with van der Waals surface area (Å²) in [6, 6.07) is 0.280. The van der Waals surface area contributed by atoms with Gasteiger partial charge in [-0.3, -0.25) is 4.99 Å². The van der Waals surface area contributed by atoms with E-state index in [1.165, 1.54) is 0 Å². The molecule has 2 aliphatic rings. The van der Waals surface area contributed by atoms with Crippen molar-refractivity contribution in [2.75, 3.05) is 32.7 Å². The molecule has 2 aliphatic heterocycles. The zero-order valence-corrected chi connectivity index (χ0v) is 17.3. The first-order valence-electron chi connectivity index (χ1n) is 8.29. The summed E-state index contributed by atoms with van der Waals surface area (Å²) in [5.74, 6) is 1.68. The van der Waals surface area contributed by atoms with Gasteiger partial charge in [-0.05, 0) is 33.1 Å². The van der Waals surface area contributed by atoms with Gasteiger partial charge in [0.2, 0.25) is 0 Å². The molecule has 2 rings (SSSR count). The summed E-state index contributed by atoms with van der Waals surface area (Å²) in [6.07, 6.45) is 0.926. The molecule has 0 aromatic heterocycles. The summed E-state index contributed by atoms with van der Waals surface area (Å²) >= 11 is 0. The minimum Gasteiger partial charge on any atom is -0.444 e. The molecule has 1 atom stereocenters.